The van der Waals surface area contributed by atoms with Crippen molar-refractivity contribution in [1.82, 2.24) is 15.1 Å². The lowest BCUT2D eigenvalue weighted by atomic mass is 10.1. The molecule has 6 nitrogen and oxygen atoms in total. The van der Waals surface area contributed by atoms with Gasteiger partial charge < -0.3 is 19.9 Å². The molecule has 1 heterocycles. The first kappa shape index (κ1) is 22.7. The van der Waals surface area contributed by atoms with Crippen molar-refractivity contribution in [2.75, 3.05) is 26.2 Å². The maximum Gasteiger partial charge on any atom is 0.320 e. The standard InChI is InChI=1S/C25H33N3O3/c1-4-5-16-31-23-12-10-22(11-13-23)20(3)26-24(29)18-28-15-14-27(25(28)30)17-21-8-6-19(2)7-9-21/h6-13,20H,4-5,14-18H2,1-3H3,(H,26,29)/t20-/m0/s1. The zero-order valence-electron chi connectivity index (χ0n) is 18.8. The van der Waals surface area contributed by atoms with E-state index in [1.807, 2.05) is 62.4 Å². The van der Waals surface area contributed by atoms with Crippen molar-refractivity contribution in [3.63, 3.8) is 0 Å². The largest absolute Gasteiger partial charge is 0.494 e. The molecule has 6 heteroatoms. The van der Waals surface area contributed by atoms with Crippen molar-refractivity contribution in [2.24, 2.45) is 0 Å². The molecule has 0 unspecified atom stereocenters. The van der Waals surface area contributed by atoms with Gasteiger partial charge in [-0.05, 0) is 43.5 Å². The first-order valence-corrected chi connectivity index (χ1v) is 11.1. The Balaban J connectivity index is 1.46. The summed E-state index contributed by atoms with van der Waals surface area (Å²) in [5, 5.41) is 2.99. The third-order valence-electron chi connectivity index (χ3n) is 5.53. The molecule has 2 aromatic carbocycles. The van der Waals surface area contributed by atoms with Crippen LogP contribution in [0.5, 0.6) is 5.75 Å². The molecule has 0 aromatic heterocycles. The van der Waals surface area contributed by atoms with Crippen molar-refractivity contribution < 1.29 is 14.3 Å². The van der Waals surface area contributed by atoms with Gasteiger partial charge in [-0.15, -0.1) is 0 Å². The van der Waals surface area contributed by atoms with E-state index >= 15 is 0 Å². The lowest BCUT2D eigenvalue weighted by Crippen LogP contribution is -2.40. The van der Waals surface area contributed by atoms with Crippen LogP contribution in [0.3, 0.4) is 0 Å². The number of carbonyl (C=O) groups excluding carboxylic acids is 2. The lowest BCUT2D eigenvalue weighted by Gasteiger charge is -2.20. The zero-order valence-corrected chi connectivity index (χ0v) is 18.8. The molecule has 31 heavy (non-hydrogen) atoms. The Hall–Kier alpha value is -3.02. The summed E-state index contributed by atoms with van der Waals surface area (Å²) in [5.41, 5.74) is 3.30. The number of unbranched alkanes of at least 4 members (excludes halogenated alkanes) is 1. The second kappa shape index (κ2) is 10.8. The van der Waals surface area contributed by atoms with Gasteiger partial charge in [0, 0.05) is 19.6 Å². The number of urea groups is 1. The Kier molecular flexibility index (Phi) is 7.93. The minimum Gasteiger partial charge on any atom is -0.494 e. The average Bonchev–Trinajstić information content (AvgIpc) is 3.09. The Morgan fingerprint density at radius 2 is 1.74 bits per heavy atom. The van der Waals surface area contributed by atoms with Gasteiger partial charge in [-0.25, -0.2) is 4.79 Å². The van der Waals surface area contributed by atoms with E-state index in [1.54, 1.807) is 9.80 Å². The molecule has 166 valence electrons. The first-order valence-electron chi connectivity index (χ1n) is 11.1. The highest BCUT2D eigenvalue weighted by atomic mass is 16.5. The summed E-state index contributed by atoms with van der Waals surface area (Å²) in [6.45, 7) is 8.68. The molecule has 0 spiro atoms. The summed E-state index contributed by atoms with van der Waals surface area (Å²) in [7, 11) is 0. The van der Waals surface area contributed by atoms with Gasteiger partial charge in [0.15, 0.2) is 0 Å². The topological polar surface area (TPSA) is 61.9 Å². The number of amides is 3. The molecule has 1 saturated heterocycles. The Bertz CT molecular complexity index is 865. The minimum atomic E-state index is -0.152. The van der Waals surface area contributed by atoms with Crippen LogP contribution in [0, 0.1) is 6.92 Å². The maximum atomic E-state index is 12.7. The van der Waals surface area contributed by atoms with E-state index in [4.69, 9.17) is 4.74 Å². The predicted octanol–water partition coefficient (Wildman–Crippen LogP) is 4.29. The highest BCUT2D eigenvalue weighted by Gasteiger charge is 2.30. The molecule has 1 aliphatic heterocycles. The third kappa shape index (κ3) is 6.48. The fourth-order valence-corrected chi connectivity index (χ4v) is 3.57. The number of aryl methyl sites for hydroxylation is 1. The van der Waals surface area contributed by atoms with Crippen molar-refractivity contribution in [3.05, 3.63) is 65.2 Å². The molecule has 3 amide bonds. The van der Waals surface area contributed by atoms with E-state index in [2.05, 4.69) is 12.2 Å². The molecular weight excluding hydrogens is 390 g/mol. The van der Waals surface area contributed by atoms with Crippen LogP contribution in [0.25, 0.3) is 0 Å². The van der Waals surface area contributed by atoms with E-state index in [0.29, 0.717) is 26.2 Å². The monoisotopic (exact) mass is 423 g/mol. The molecule has 1 atom stereocenters. The van der Waals surface area contributed by atoms with E-state index < -0.39 is 0 Å². The van der Waals surface area contributed by atoms with Gasteiger partial charge >= 0.3 is 6.03 Å². The quantitative estimate of drug-likeness (QED) is 0.580. The predicted molar refractivity (Wildman–Crippen MR) is 122 cm³/mol. The van der Waals surface area contributed by atoms with Crippen LogP contribution in [0.4, 0.5) is 4.79 Å². The molecule has 2 aromatic rings. The molecule has 0 bridgehead atoms. The lowest BCUT2D eigenvalue weighted by molar-refractivity contribution is -0.122. The number of rotatable bonds is 10. The first-order chi connectivity index (χ1) is 15.0. The Morgan fingerprint density at radius 3 is 2.42 bits per heavy atom. The molecule has 1 N–H and O–H groups in total. The summed E-state index contributed by atoms with van der Waals surface area (Å²) in [4.78, 5) is 28.6. The summed E-state index contributed by atoms with van der Waals surface area (Å²) in [6.07, 6.45) is 2.14. The summed E-state index contributed by atoms with van der Waals surface area (Å²) in [5.74, 6) is 0.688. The number of nitrogens with one attached hydrogen (secondary N) is 1. The maximum absolute atomic E-state index is 12.7. The number of carbonyl (C=O) groups is 2. The Labute approximate surface area is 185 Å². The number of ether oxygens (including phenoxy) is 1. The SMILES string of the molecule is CCCCOc1ccc([C@H](C)NC(=O)CN2CCN(Cc3ccc(C)cc3)C2=O)cc1. The van der Waals surface area contributed by atoms with Crippen molar-refractivity contribution >= 4 is 11.9 Å². The minimum absolute atomic E-state index is 0.0752. The van der Waals surface area contributed by atoms with Crippen molar-refractivity contribution in [3.8, 4) is 5.75 Å². The summed E-state index contributed by atoms with van der Waals surface area (Å²) in [6, 6.07) is 15.8. The van der Waals surface area contributed by atoms with Gasteiger partial charge in [-0.1, -0.05) is 55.3 Å². The summed E-state index contributed by atoms with van der Waals surface area (Å²) < 4.78 is 5.68. The van der Waals surface area contributed by atoms with E-state index in [-0.39, 0.29) is 24.5 Å². The molecule has 3 rings (SSSR count). The molecule has 0 radical (unpaired) electrons. The second-order valence-electron chi connectivity index (χ2n) is 8.17. The van der Waals surface area contributed by atoms with Crippen molar-refractivity contribution in [2.45, 2.75) is 46.2 Å². The number of nitrogens with zero attached hydrogens (tertiary/aromatic N) is 2. The van der Waals surface area contributed by atoms with E-state index in [9.17, 15) is 9.59 Å². The van der Waals surface area contributed by atoms with E-state index in [0.717, 1.165) is 29.7 Å². The number of benzene rings is 2. The van der Waals surface area contributed by atoms with Gasteiger partial charge in [0.05, 0.1) is 12.6 Å². The van der Waals surface area contributed by atoms with Crippen LogP contribution < -0.4 is 10.1 Å². The second-order valence-corrected chi connectivity index (χ2v) is 8.17. The molecule has 1 fully saturated rings. The molecule has 0 saturated carbocycles. The highest BCUT2D eigenvalue weighted by molar-refractivity contribution is 5.85. The number of hydrogen-bond donors (Lipinski definition) is 1. The van der Waals surface area contributed by atoms with Crippen LogP contribution in [0.15, 0.2) is 48.5 Å². The van der Waals surface area contributed by atoms with Crippen LogP contribution in [0.2, 0.25) is 0 Å². The van der Waals surface area contributed by atoms with Crippen LogP contribution in [-0.2, 0) is 11.3 Å². The van der Waals surface area contributed by atoms with Gasteiger partial charge in [0.25, 0.3) is 0 Å². The van der Waals surface area contributed by atoms with Gasteiger partial charge in [0.2, 0.25) is 5.91 Å². The summed E-state index contributed by atoms with van der Waals surface area (Å²) >= 11 is 0. The van der Waals surface area contributed by atoms with E-state index in [1.165, 1.54) is 5.56 Å². The smallest absolute Gasteiger partial charge is 0.320 e. The fraction of sp³-hybridized carbons (Fsp3) is 0.440. The van der Waals surface area contributed by atoms with Crippen LogP contribution >= 0.6 is 0 Å². The fourth-order valence-electron chi connectivity index (χ4n) is 3.57. The zero-order chi connectivity index (χ0) is 22.2. The molecule has 0 aliphatic carbocycles. The highest BCUT2D eigenvalue weighted by Crippen LogP contribution is 2.18. The average molecular weight is 424 g/mol. The molecule has 1 aliphatic rings. The Morgan fingerprint density at radius 1 is 1.06 bits per heavy atom. The van der Waals surface area contributed by atoms with Gasteiger partial charge in [-0.3, -0.25) is 4.79 Å². The van der Waals surface area contributed by atoms with Crippen LogP contribution in [0.1, 0.15) is 49.4 Å². The normalized spacial score (nSPS) is 14.6. The van der Waals surface area contributed by atoms with Crippen LogP contribution in [-0.4, -0.2) is 48.0 Å². The van der Waals surface area contributed by atoms with Crippen molar-refractivity contribution in [1.29, 1.82) is 0 Å². The molecular formula is C25H33N3O3. The van der Waals surface area contributed by atoms with Gasteiger partial charge in [-0.2, -0.15) is 0 Å². The van der Waals surface area contributed by atoms with Gasteiger partial charge in [0.1, 0.15) is 12.3 Å². The third-order valence-corrected chi connectivity index (χ3v) is 5.53. The number of hydrogen-bond acceptors (Lipinski definition) is 3.